The van der Waals surface area contributed by atoms with Gasteiger partial charge in [0.25, 0.3) is 0 Å². The van der Waals surface area contributed by atoms with Crippen molar-refractivity contribution in [1.82, 2.24) is 4.98 Å². The fraction of sp³-hybridized carbons (Fsp3) is 1.00. The van der Waals surface area contributed by atoms with Crippen molar-refractivity contribution in [1.29, 1.82) is 0 Å². The van der Waals surface area contributed by atoms with Gasteiger partial charge in [-0.25, -0.2) is 0 Å². The molecular weight excluding hydrogens is 114 g/mol. The largest absolute Gasteiger partial charge is 0.339 e. The summed E-state index contributed by atoms with van der Waals surface area (Å²) in [5.41, 5.74) is 0. The lowest BCUT2D eigenvalue weighted by atomic mass is 10.2. The Balaban J connectivity index is 2.00. The maximum absolute atomic E-state index is 3.42. The van der Waals surface area contributed by atoms with Gasteiger partial charge >= 0.3 is 0 Å². The molecule has 0 atom stereocenters. The van der Waals surface area contributed by atoms with Crippen molar-refractivity contribution in [2.24, 2.45) is 0 Å². The Bertz CT molecular complexity index is 32.5. The molecule has 1 N–H and O–H groups in total. The molecule has 0 aromatic rings. The molecule has 2 heteroatoms. The first-order chi connectivity index (χ1) is 4.00. The van der Waals surface area contributed by atoms with Crippen molar-refractivity contribution >= 4 is 9.68 Å². The van der Waals surface area contributed by atoms with E-state index in [1.807, 2.05) is 0 Å². The van der Waals surface area contributed by atoms with E-state index in [1.54, 1.807) is 0 Å². The predicted octanol–water partition coefficient (Wildman–Crippen LogP) is 1.19. The topological polar surface area (TPSA) is 12.0 Å². The average molecular weight is 127 g/mol. The zero-order valence-electron chi connectivity index (χ0n) is 5.24. The second kappa shape index (κ2) is 4.10. The Morgan fingerprint density at radius 3 is 2.88 bits per heavy atom. The molecule has 8 heavy (non-hydrogen) atoms. The Morgan fingerprint density at radius 1 is 1.00 bits per heavy atom. The Labute approximate surface area is 53.8 Å². The van der Waals surface area contributed by atoms with Crippen LogP contribution in [0.1, 0.15) is 25.7 Å². The van der Waals surface area contributed by atoms with Crippen LogP contribution >= 0.6 is 0 Å². The first kappa shape index (κ1) is 6.30. The van der Waals surface area contributed by atoms with E-state index in [4.69, 9.17) is 0 Å². The molecule has 0 saturated carbocycles. The number of hydrogen-bond donors (Lipinski definition) is 1. The minimum Gasteiger partial charge on any atom is -0.339 e. The van der Waals surface area contributed by atoms with E-state index in [0.29, 0.717) is 0 Å². The second-order valence-corrected chi connectivity index (χ2v) is 3.47. The van der Waals surface area contributed by atoms with E-state index in [9.17, 15) is 0 Å². The SMILES string of the molecule is C1CCC[Si]NCC1. The highest BCUT2D eigenvalue weighted by Crippen LogP contribution is 2.03. The minimum atomic E-state index is 1.04. The van der Waals surface area contributed by atoms with Crippen LogP contribution in [0, 0.1) is 0 Å². The van der Waals surface area contributed by atoms with Crippen LogP contribution in [-0.2, 0) is 0 Å². The highest BCUT2D eigenvalue weighted by atomic mass is 28.2. The quantitative estimate of drug-likeness (QED) is 0.482. The molecular formula is C6H13NSi. The van der Waals surface area contributed by atoms with Crippen LogP contribution in [0.5, 0.6) is 0 Å². The Hall–Kier alpha value is 0.177. The molecule has 0 spiro atoms. The summed E-state index contributed by atoms with van der Waals surface area (Å²) < 4.78 is 0. The molecule has 46 valence electrons. The van der Waals surface area contributed by atoms with Crippen LogP contribution in [-0.4, -0.2) is 16.2 Å². The van der Waals surface area contributed by atoms with Gasteiger partial charge in [-0.1, -0.05) is 19.3 Å². The maximum Gasteiger partial charge on any atom is 0.138 e. The van der Waals surface area contributed by atoms with E-state index in [2.05, 4.69) is 4.98 Å². The van der Waals surface area contributed by atoms with Crippen LogP contribution in [0.4, 0.5) is 0 Å². The summed E-state index contributed by atoms with van der Waals surface area (Å²) >= 11 is 0. The van der Waals surface area contributed by atoms with E-state index in [1.165, 1.54) is 38.3 Å². The molecule has 2 radical (unpaired) electrons. The molecule has 0 unspecified atom stereocenters. The summed E-state index contributed by atoms with van der Waals surface area (Å²) in [7, 11) is 1.04. The van der Waals surface area contributed by atoms with Gasteiger partial charge in [-0.2, -0.15) is 0 Å². The summed E-state index contributed by atoms with van der Waals surface area (Å²) in [5.74, 6) is 0. The van der Waals surface area contributed by atoms with Crippen molar-refractivity contribution in [2.75, 3.05) is 6.54 Å². The van der Waals surface area contributed by atoms with Crippen LogP contribution in [0.25, 0.3) is 0 Å². The van der Waals surface area contributed by atoms with Crippen molar-refractivity contribution < 1.29 is 0 Å². The summed E-state index contributed by atoms with van der Waals surface area (Å²) in [6.45, 7) is 1.26. The third kappa shape index (κ3) is 2.48. The molecule has 1 saturated heterocycles. The van der Waals surface area contributed by atoms with Crippen LogP contribution in [0.2, 0.25) is 6.04 Å². The molecule has 0 aromatic carbocycles. The first-order valence-corrected chi connectivity index (χ1v) is 4.66. The molecule has 1 heterocycles. The highest BCUT2D eigenvalue weighted by molar-refractivity contribution is 6.32. The van der Waals surface area contributed by atoms with E-state index in [-0.39, 0.29) is 0 Å². The lowest BCUT2D eigenvalue weighted by Crippen LogP contribution is -2.21. The third-order valence-corrected chi connectivity index (χ3v) is 2.58. The lowest BCUT2D eigenvalue weighted by molar-refractivity contribution is 0.638. The number of hydrogen-bond acceptors (Lipinski definition) is 1. The molecule has 0 aliphatic carbocycles. The Morgan fingerprint density at radius 2 is 1.88 bits per heavy atom. The van der Waals surface area contributed by atoms with Crippen LogP contribution < -0.4 is 4.98 Å². The van der Waals surface area contributed by atoms with Gasteiger partial charge in [0.15, 0.2) is 0 Å². The van der Waals surface area contributed by atoms with Gasteiger partial charge in [0.05, 0.1) is 0 Å². The van der Waals surface area contributed by atoms with Crippen molar-refractivity contribution in [3.63, 3.8) is 0 Å². The summed E-state index contributed by atoms with van der Waals surface area (Å²) in [6, 6.07) is 1.42. The molecule has 0 aromatic heterocycles. The third-order valence-electron chi connectivity index (χ3n) is 1.48. The van der Waals surface area contributed by atoms with Crippen LogP contribution in [0.15, 0.2) is 0 Å². The summed E-state index contributed by atoms with van der Waals surface area (Å²) in [6.07, 6.45) is 5.75. The lowest BCUT2D eigenvalue weighted by Gasteiger charge is -2.06. The first-order valence-electron chi connectivity index (χ1n) is 3.46. The van der Waals surface area contributed by atoms with Gasteiger partial charge in [-0.05, 0) is 19.0 Å². The zero-order valence-corrected chi connectivity index (χ0v) is 6.24. The molecule has 1 aliphatic heterocycles. The van der Waals surface area contributed by atoms with E-state index in [0.717, 1.165) is 9.68 Å². The maximum atomic E-state index is 3.42. The molecule has 0 bridgehead atoms. The predicted molar refractivity (Wildman–Crippen MR) is 37.0 cm³/mol. The number of rotatable bonds is 0. The Kier molecular flexibility index (Phi) is 3.22. The average Bonchev–Trinajstić information content (AvgIpc) is 1.62. The van der Waals surface area contributed by atoms with E-state index < -0.39 is 0 Å². The van der Waals surface area contributed by atoms with Crippen LogP contribution in [0.3, 0.4) is 0 Å². The van der Waals surface area contributed by atoms with Gasteiger partial charge in [-0.3, -0.25) is 0 Å². The second-order valence-electron chi connectivity index (χ2n) is 2.27. The van der Waals surface area contributed by atoms with Gasteiger partial charge < -0.3 is 4.98 Å². The molecule has 0 amide bonds. The van der Waals surface area contributed by atoms with Gasteiger partial charge in [0.1, 0.15) is 9.68 Å². The molecule has 1 nitrogen and oxygen atoms in total. The summed E-state index contributed by atoms with van der Waals surface area (Å²) in [5, 5.41) is 0. The fourth-order valence-corrected chi connectivity index (χ4v) is 1.91. The molecule has 1 aliphatic rings. The summed E-state index contributed by atoms with van der Waals surface area (Å²) in [4.78, 5) is 3.42. The normalized spacial score (nSPS) is 24.0. The number of nitrogens with one attached hydrogen (secondary N) is 1. The molecule has 1 fully saturated rings. The van der Waals surface area contributed by atoms with Crippen molar-refractivity contribution in [2.45, 2.75) is 31.7 Å². The van der Waals surface area contributed by atoms with Gasteiger partial charge in [0.2, 0.25) is 0 Å². The fourth-order valence-electron chi connectivity index (χ4n) is 0.957. The molecule has 1 rings (SSSR count). The minimum absolute atomic E-state index is 1.04. The zero-order chi connectivity index (χ0) is 5.66. The van der Waals surface area contributed by atoms with Crippen molar-refractivity contribution in [3.8, 4) is 0 Å². The standard InChI is InChI=1S/C6H13NSi/c1-2-4-6-8-7-5-3-1/h7H,1-6H2. The van der Waals surface area contributed by atoms with Crippen molar-refractivity contribution in [3.05, 3.63) is 0 Å². The van der Waals surface area contributed by atoms with Gasteiger partial charge in [0, 0.05) is 0 Å². The monoisotopic (exact) mass is 127 g/mol. The smallest absolute Gasteiger partial charge is 0.138 e. The van der Waals surface area contributed by atoms with Gasteiger partial charge in [-0.15, -0.1) is 0 Å². The van der Waals surface area contributed by atoms with E-state index >= 15 is 0 Å². The highest BCUT2D eigenvalue weighted by Gasteiger charge is 1.95.